The van der Waals surface area contributed by atoms with Crippen LogP contribution in [-0.2, 0) is 12.8 Å². The molecule has 1 heterocycles. The van der Waals surface area contributed by atoms with Crippen molar-refractivity contribution in [2.75, 3.05) is 31.3 Å². The summed E-state index contributed by atoms with van der Waals surface area (Å²) in [5.74, 6) is 0.240. The second kappa shape index (κ2) is 9.24. The predicted molar refractivity (Wildman–Crippen MR) is 120 cm³/mol. The molecule has 0 fully saturated rings. The molecule has 2 aromatic carbocycles. The van der Waals surface area contributed by atoms with Crippen LogP contribution in [0.15, 0.2) is 50.7 Å². The number of nitrogens with zero attached hydrogens (tertiary/aromatic N) is 1. The quantitative estimate of drug-likeness (QED) is 0.444. The van der Waals surface area contributed by atoms with E-state index in [1.807, 2.05) is 38.5 Å². The highest BCUT2D eigenvalue weighted by Crippen LogP contribution is 2.19. The van der Waals surface area contributed by atoms with Gasteiger partial charge in [0.25, 0.3) is 10.9 Å². The number of rotatable bonds is 10. The first-order chi connectivity index (χ1) is 13.8. The molecule has 0 aliphatic rings. The second-order valence-corrected chi connectivity index (χ2v) is 8.44. The molecule has 0 bridgehead atoms. The number of phenolic OH excluding ortho intramolecular Hbond substituents is 1. The second-order valence-electron chi connectivity index (χ2n) is 7.66. The van der Waals surface area contributed by atoms with E-state index >= 15 is 0 Å². The summed E-state index contributed by atoms with van der Waals surface area (Å²) < 4.78 is 0. The fraction of sp³-hybridized carbons (Fsp3) is 0.364. The summed E-state index contributed by atoms with van der Waals surface area (Å²) in [4.78, 5) is 26.2. The Bertz CT molecular complexity index is 990. The Morgan fingerprint density at radius 2 is 1.69 bits per heavy atom. The first kappa shape index (κ1) is 21.1. The molecule has 0 saturated heterocycles. The normalized spacial score (nSPS) is 13.5. The van der Waals surface area contributed by atoms with Gasteiger partial charge in [-0.15, -0.1) is 0 Å². The molecule has 6 nitrogen and oxygen atoms in total. The highest BCUT2D eigenvalue weighted by Gasteiger charge is 2.23. The number of benzene rings is 1. The van der Waals surface area contributed by atoms with Crippen molar-refractivity contribution in [2.45, 2.75) is 31.8 Å². The Kier molecular flexibility index (Phi) is 6.71. The van der Waals surface area contributed by atoms with Gasteiger partial charge < -0.3 is 20.6 Å². The van der Waals surface area contributed by atoms with E-state index in [-0.39, 0.29) is 17.8 Å². The number of hydrogen-bond acceptors (Lipinski definition) is 7. The van der Waals surface area contributed by atoms with E-state index in [0.29, 0.717) is 17.9 Å². The van der Waals surface area contributed by atoms with Crippen LogP contribution in [0.3, 0.4) is 0 Å². The molecule has 0 aliphatic carbocycles. The van der Waals surface area contributed by atoms with Crippen molar-refractivity contribution >= 4 is 22.7 Å². The Hall–Kier alpha value is -2.64. The number of phenols is 1. The minimum absolute atomic E-state index is 0.0510. The molecule has 3 rings (SSSR count). The average Bonchev–Trinajstić information content (AvgIpc) is 3.20. The summed E-state index contributed by atoms with van der Waals surface area (Å²) in [6, 6.07) is 9.36. The Balaban J connectivity index is 1.63. The van der Waals surface area contributed by atoms with Gasteiger partial charge in [-0.1, -0.05) is 12.1 Å². The largest absolute Gasteiger partial charge is 0.508 e. The zero-order valence-corrected chi connectivity index (χ0v) is 17.8. The van der Waals surface area contributed by atoms with Gasteiger partial charge in [0.15, 0.2) is 0 Å². The van der Waals surface area contributed by atoms with Crippen LogP contribution in [0, 0.1) is 0 Å². The third kappa shape index (κ3) is 5.25. The van der Waals surface area contributed by atoms with Crippen molar-refractivity contribution in [3.05, 3.63) is 72.7 Å². The molecule has 0 aliphatic heterocycles. The van der Waals surface area contributed by atoms with Crippen LogP contribution in [0.4, 0.5) is 11.4 Å². The molecule has 0 radical (unpaired) electrons. The topological polar surface area (TPSA) is 81.7 Å². The van der Waals surface area contributed by atoms with Gasteiger partial charge in [-0.25, -0.2) is 0 Å². The van der Waals surface area contributed by atoms with Gasteiger partial charge in [0.1, 0.15) is 17.1 Å². The summed E-state index contributed by atoms with van der Waals surface area (Å²) in [6.07, 6.45) is 1.55. The number of aromatic hydroxyl groups is 1. The maximum Gasteiger partial charge on any atom is 0.253 e. The summed E-state index contributed by atoms with van der Waals surface area (Å²) in [7, 11) is 3.97. The zero-order valence-electron chi connectivity index (χ0n) is 16.9. The van der Waals surface area contributed by atoms with Crippen molar-refractivity contribution in [1.82, 2.24) is 4.90 Å². The number of thiophene rings is 1. The lowest BCUT2D eigenvalue weighted by Gasteiger charge is -2.26. The molecule has 0 amide bonds. The van der Waals surface area contributed by atoms with E-state index in [4.69, 9.17) is 0 Å². The Morgan fingerprint density at radius 3 is 2.31 bits per heavy atom. The molecule has 3 aromatic rings. The first-order valence-corrected chi connectivity index (χ1v) is 10.6. The first-order valence-electron chi connectivity index (χ1n) is 9.64. The third-order valence-corrected chi connectivity index (χ3v) is 5.81. The summed E-state index contributed by atoms with van der Waals surface area (Å²) in [5, 5.41) is 20.0. The Labute approximate surface area is 174 Å². The molecule has 3 N–H and O–H groups in total. The van der Waals surface area contributed by atoms with Crippen molar-refractivity contribution in [2.24, 2.45) is 0 Å². The summed E-state index contributed by atoms with van der Waals surface area (Å²) in [6.45, 7) is 2.54. The lowest BCUT2D eigenvalue weighted by Crippen LogP contribution is -2.43. The highest BCUT2D eigenvalue weighted by atomic mass is 32.1. The molecule has 7 heteroatoms. The minimum Gasteiger partial charge on any atom is -0.508 e. The van der Waals surface area contributed by atoms with Crippen LogP contribution >= 0.6 is 11.3 Å². The van der Waals surface area contributed by atoms with E-state index in [9.17, 15) is 14.7 Å². The number of nitrogens with one attached hydrogen (secondary N) is 2. The van der Waals surface area contributed by atoms with Gasteiger partial charge >= 0.3 is 0 Å². The van der Waals surface area contributed by atoms with Crippen LogP contribution < -0.4 is 21.5 Å². The zero-order chi connectivity index (χ0) is 21.0. The van der Waals surface area contributed by atoms with Gasteiger partial charge in [-0.05, 0) is 73.9 Å². The molecule has 0 saturated carbocycles. The van der Waals surface area contributed by atoms with E-state index in [1.165, 1.54) is 5.56 Å². The van der Waals surface area contributed by atoms with Crippen molar-refractivity contribution in [3.63, 3.8) is 0 Å². The lowest BCUT2D eigenvalue weighted by molar-refractivity contribution is 0.303. The van der Waals surface area contributed by atoms with Gasteiger partial charge in [-0.2, -0.15) is 11.3 Å². The van der Waals surface area contributed by atoms with Crippen LogP contribution in [0.2, 0.25) is 0 Å². The van der Waals surface area contributed by atoms with Crippen LogP contribution in [0.25, 0.3) is 0 Å². The minimum atomic E-state index is -0.461. The number of hydrogen-bond donors (Lipinski definition) is 3. The van der Waals surface area contributed by atoms with Gasteiger partial charge in [0.2, 0.25) is 0 Å². The van der Waals surface area contributed by atoms with Crippen molar-refractivity contribution < 1.29 is 5.11 Å². The Morgan fingerprint density at radius 1 is 1.00 bits per heavy atom. The van der Waals surface area contributed by atoms with Gasteiger partial charge in [0.05, 0.1) is 0 Å². The summed E-state index contributed by atoms with van der Waals surface area (Å²) >= 11 is 1.65. The van der Waals surface area contributed by atoms with Crippen LogP contribution in [0.1, 0.15) is 18.1 Å². The van der Waals surface area contributed by atoms with E-state index < -0.39 is 10.9 Å². The maximum absolute atomic E-state index is 12.1. The highest BCUT2D eigenvalue weighted by molar-refractivity contribution is 7.07. The smallest absolute Gasteiger partial charge is 0.253 e. The number of anilines is 2. The van der Waals surface area contributed by atoms with Crippen LogP contribution in [0.5, 0.6) is 5.75 Å². The lowest BCUT2D eigenvalue weighted by atomic mass is 10.0. The average molecular weight is 414 g/mol. The van der Waals surface area contributed by atoms with Crippen molar-refractivity contribution in [1.29, 1.82) is 0 Å². The summed E-state index contributed by atoms with van der Waals surface area (Å²) in [5.41, 5.74) is 2.16. The monoisotopic (exact) mass is 413 g/mol. The molecule has 1 aromatic heterocycles. The van der Waals surface area contributed by atoms with Gasteiger partial charge in [0, 0.05) is 18.6 Å². The maximum atomic E-state index is 12.1. The van der Waals surface area contributed by atoms with E-state index in [0.717, 1.165) is 18.4 Å². The molecular weight excluding hydrogens is 386 g/mol. The SMILES string of the molecule is C[C@@H](Cc1ccsc1)Nc1c(NCC(Cc2ccc(O)cc2)N(C)C)c(=O)c1=O. The molecular formula is C22H27N3O3S. The molecule has 154 valence electrons. The van der Waals surface area contributed by atoms with E-state index in [2.05, 4.69) is 27.0 Å². The third-order valence-electron chi connectivity index (χ3n) is 5.08. The van der Waals surface area contributed by atoms with Crippen molar-refractivity contribution in [3.8, 4) is 5.75 Å². The number of likely N-dealkylation sites (N-methyl/N-ethyl adjacent to an activating group) is 1. The molecule has 0 spiro atoms. The molecule has 29 heavy (non-hydrogen) atoms. The van der Waals surface area contributed by atoms with Gasteiger partial charge in [-0.3, -0.25) is 9.59 Å². The molecule has 2 atom stereocenters. The van der Waals surface area contributed by atoms with Crippen LogP contribution in [-0.4, -0.2) is 42.7 Å². The standard InChI is InChI=1S/C22H27N3O3S/c1-14(10-16-8-9-29-13-16)24-20-19(21(27)22(20)28)23-12-17(25(2)3)11-15-4-6-18(26)7-5-15/h4-9,13-14,17,23-24,26H,10-12H2,1-3H3/t14-,17?/m0/s1. The molecule has 1 unspecified atom stereocenters. The predicted octanol–water partition coefficient (Wildman–Crippen LogP) is 2.68. The fourth-order valence-corrected chi connectivity index (χ4v) is 4.00. The fourth-order valence-electron chi connectivity index (χ4n) is 3.32. The van der Waals surface area contributed by atoms with E-state index in [1.54, 1.807) is 23.5 Å².